The molecule has 0 aliphatic carbocycles. The second-order valence-corrected chi connectivity index (χ2v) is 7.70. The fraction of sp³-hybridized carbons (Fsp3) is 0.700. The van der Waals surface area contributed by atoms with Crippen molar-refractivity contribution in [1.82, 2.24) is 9.80 Å². The van der Waals surface area contributed by atoms with E-state index in [0.717, 1.165) is 52.5 Å². The summed E-state index contributed by atoms with van der Waals surface area (Å²) in [7, 11) is 0. The second kappa shape index (κ2) is 7.19. The lowest BCUT2D eigenvalue weighted by atomic mass is 9.91. The molecule has 1 aromatic rings. The van der Waals surface area contributed by atoms with E-state index in [4.69, 9.17) is 18.9 Å². The van der Waals surface area contributed by atoms with Gasteiger partial charge < -0.3 is 18.9 Å². The highest BCUT2D eigenvalue weighted by atomic mass is 16.7. The highest BCUT2D eigenvalue weighted by molar-refractivity contribution is 5.41. The average Bonchev–Trinajstić information content (AvgIpc) is 3.30. The molecule has 0 saturated carbocycles. The van der Waals surface area contributed by atoms with Gasteiger partial charge in [-0.05, 0) is 30.6 Å². The van der Waals surface area contributed by atoms with Gasteiger partial charge in [-0.2, -0.15) is 0 Å². The Hall–Kier alpha value is -1.02. The molecule has 4 aliphatic heterocycles. The molecule has 6 nitrogen and oxygen atoms in total. The van der Waals surface area contributed by atoms with Crippen molar-refractivity contribution in [3.05, 3.63) is 35.4 Å². The lowest BCUT2D eigenvalue weighted by molar-refractivity contribution is -0.249. The summed E-state index contributed by atoms with van der Waals surface area (Å²) in [4.78, 5) is 5.05. The first-order valence-corrected chi connectivity index (χ1v) is 9.88. The monoisotopic (exact) mass is 360 g/mol. The third kappa shape index (κ3) is 2.99. The van der Waals surface area contributed by atoms with E-state index < -0.39 is 5.60 Å². The SMILES string of the molecule is c1ccc2c(c1)C1CN(CCCN3CCOCC3)CC2(C2OCCO2)O1. The van der Waals surface area contributed by atoms with Crippen LogP contribution in [0.2, 0.25) is 0 Å². The summed E-state index contributed by atoms with van der Waals surface area (Å²) in [6, 6.07) is 8.60. The van der Waals surface area contributed by atoms with Gasteiger partial charge in [-0.3, -0.25) is 9.80 Å². The summed E-state index contributed by atoms with van der Waals surface area (Å²) in [5.74, 6) is 0. The molecule has 3 saturated heterocycles. The minimum absolute atomic E-state index is 0.121. The van der Waals surface area contributed by atoms with Gasteiger partial charge >= 0.3 is 0 Å². The molecule has 2 atom stereocenters. The number of hydrogen-bond acceptors (Lipinski definition) is 6. The van der Waals surface area contributed by atoms with Crippen molar-refractivity contribution >= 4 is 0 Å². The van der Waals surface area contributed by atoms with Crippen LogP contribution in [0.5, 0.6) is 0 Å². The van der Waals surface area contributed by atoms with Crippen molar-refractivity contribution in [3.8, 4) is 0 Å². The Labute approximate surface area is 154 Å². The molecule has 0 aromatic heterocycles. The number of nitrogens with zero attached hydrogens (tertiary/aromatic N) is 2. The van der Waals surface area contributed by atoms with Gasteiger partial charge in [-0.25, -0.2) is 0 Å². The van der Waals surface area contributed by atoms with Gasteiger partial charge in [-0.1, -0.05) is 24.3 Å². The molecule has 142 valence electrons. The first kappa shape index (κ1) is 17.1. The quantitative estimate of drug-likeness (QED) is 0.790. The number of rotatable bonds is 5. The summed E-state index contributed by atoms with van der Waals surface area (Å²) >= 11 is 0. The molecule has 0 N–H and O–H groups in total. The molecular weight excluding hydrogens is 332 g/mol. The van der Waals surface area contributed by atoms with Crippen molar-refractivity contribution in [1.29, 1.82) is 0 Å². The molecule has 3 fully saturated rings. The Balaban J connectivity index is 1.29. The maximum absolute atomic E-state index is 6.55. The Morgan fingerprint density at radius 1 is 0.962 bits per heavy atom. The van der Waals surface area contributed by atoms with Gasteiger partial charge in [0.1, 0.15) is 0 Å². The molecule has 1 aromatic carbocycles. The minimum atomic E-state index is -0.477. The van der Waals surface area contributed by atoms with Crippen molar-refractivity contribution in [2.75, 3.05) is 65.7 Å². The fourth-order valence-electron chi connectivity index (χ4n) is 4.83. The summed E-state index contributed by atoms with van der Waals surface area (Å²) in [5, 5.41) is 0. The van der Waals surface area contributed by atoms with E-state index >= 15 is 0 Å². The number of hydrogen-bond donors (Lipinski definition) is 0. The lowest BCUT2D eigenvalue weighted by Gasteiger charge is -2.43. The lowest BCUT2D eigenvalue weighted by Crippen LogP contribution is -2.53. The molecule has 5 rings (SSSR count). The number of ether oxygens (including phenoxy) is 4. The second-order valence-electron chi connectivity index (χ2n) is 7.70. The molecule has 6 heteroatoms. The summed E-state index contributed by atoms with van der Waals surface area (Å²) in [6.07, 6.45) is 0.998. The Kier molecular flexibility index (Phi) is 4.73. The minimum Gasteiger partial charge on any atom is -0.379 e. The normalized spacial score (nSPS) is 32.8. The average molecular weight is 360 g/mol. The third-order valence-electron chi connectivity index (χ3n) is 6.05. The van der Waals surface area contributed by atoms with Crippen molar-refractivity contribution in [2.24, 2.45) is 0 Å². The van der Waals surface area contributed by atoms with Crippen LogP contribution in [-0.4, -0.2) is 81.8 Å². The van der Waals surface area contributed by atoms with Crippen molar-refractivity contribution in [3.63, 3.8) is 0 Å². The van der Waals surface area contributed by atoms with Gasteiger partial charge in [0.2, 0.25) is 0 Å². The van der Waals surface area contributed by atoms with Crippen LogP contribution in [0.1, 0.15) is 23.7 Å². The standard InChI is InChI=1S/C20H28N2O4/c1-2-5-17-16(4-1)18-14-22(7-3-6-21-8-10-23-11-9-21)15-20(17,26-18)19-24-12-13-25-19/h1-2,4-5,18-19H,3,6-15H2. The van der Waals surface area contributed by atoms with E-state index in [1.54, 1.807) is 0 Å². The molecule has 0 spiro atoms. The van der Waals surface area contributed by atoms with E-state index in [0.29, 0.717) is 13.2 Å². The first-order chi connectivity index (χ1) is 12.9. The van der Waals surface area contributed by atoms with Crippen LogP contribution in [0.25, 0.3) is 0 Å². The van der Waals surface area contributed by atoms with Gasteiger partial charge in [0.05, 0.1) is 32.5 Å². The van der Waals surface area contributed by atoms with Crippen LogP contribution < -0.4 is 0 Å². The Bertz CT molecular complexity index is 630. The zero-order valence-corrected chi connectivity index (χ0v) is 15.3. The predicted molar refractivity (Wildman–Crippen MR) is 96.0 cm³/mol. The predicted octanol–water partition coefficient (Wildman–Crippen LogP) is 1.36. The number of benzene rings is 1. The van der Waals surface area contributed by atoms with Crippen LogP contribution in [0.4, 0.5) is 0 Å². The number of morpholine rings is 2. The van der Waals surface area contributed by atoms with Crippen LogP contribution in [0.3, 0.4) is 0 Å². The molecule has 0 radical (unpaired) electrons. The van der Waals surface area contributed by atoms with Crippen LogP contribution in [0, 0.1) is 0 Å². The summed E-state index contributed by atoms with van der Waals surface area (Å²) in [5.41, 5.74) is 2.09. The summed E-state index contributed by atoms with van der Waals surface area (Å²) in [6.45, 7) is 9.18. The molecule has 2 unspecified atom stereocenters. The van der Waals surface area contributed by atoms with E-state index in [-0.39, 0.29) is 12.4 Å². The highest BCUT2D eigenvalue weighted by Crippen LogP contribution is 2.51. The fourth-order valence-corrected chi connectivity index (χ4v) is 4.83. The van der Waals surface area contributed by atoms with Gasteiger partial charge in [0.15, 0.2) is 11.9 Å². The van der Waals surface area contributed by atoms with Crippen LogP contribution in [0.15, 0.2) is 24.3 Å². The van der Waals surface area contributed by atoms with E-state index in [1.165, 1.54) is 17.5 Å². The molecule has 0 amide bonds. The highest BCUT2D eigenvalue weighted by Gasteiger charge is 2.56. The van der Waals surface area contributed by atoms with Crippen molar-refractivity contribution in [2.45, 2.75) is 24.4 Å². The van der Waals surface area contributed by atoms with Crippen molar-refractivity contribution < 1.29 is 18.9 Å². The molecule has 2 bridgehead atoms. The first-order valence-electron chi connectivity index (χ1n) is 9.88. The Morgan fingerprint density at radius 2 is 1.73 bits per heavy atom. The topological polar surface area (TPSA) is 43.4 Å². The molecule has 4 aliphatic rings. The zero-order chi connectivity index (χ0) is 17.4. The van der Waals surface area contributed by atoms with Gasteiger partial charge in [-0.15, -0.1) is 0 Å². The Morgan fingerprint density at radius 3 is 2.58 bits per heavy atom. The smallest absolute Gasteiger partial charge is 0.192 e. The van der Waals surface area contributed by atoms with E-state index in [2.05, 4.69) is 34.1 Å². The zero-order valence-electron chi connectivity index (χ0n) is 15.3. The van der Waals surface area contributed by atoms with Gasteiger partial charge in [0.25, 0.3) is 0 Å². The molecule has 4 heterocycles. The van der Waals surface area contributed by atoms with E-state index in [9.17, 15) is 0 Å². The third-order valence-corrected chi connectivity index (χ3v) is 6.05. The van der Waals surface area contributed by atoms with Crippen LogP contribution in [-0.2, 0) is 24.5 Å². The van der Waals surface area contributed by atoms with E-state index in [1.807, 2.05) is 0 Å². The van der Waals surface area contributed by atoms with Gasteiger partial charge in [0, 0.05) is 26.2 Å². The largest absolute Gasteiger partial charge is 0.379 e. The number of fused-ring (bicyclic) bond motifs is 5. The maximum atomic E-state index is 6.55. The molecular formula is C20H28N2O4. The molecule has 26 heavy (non-hydrogen) atoms. The summed E-state index contributed by atoms with van der Waals surface area (Å²) < 4.78 is 23.8. The van der Waals surface area contributed by atoms with Crippen LogP contribution >= 0.6 is 0 Å². The maximum Gasteiger partial charge on any atom is 0.192 e.